The van der Waals surface area contributed by atoms with Crippen molar-refractivity contribution in [2.45, 2.75) is 0 Å². The highest BCUT2D eigenvalue weighted by molar-refractivity contribution is 5.39. The molecule has 3 heteroatoms. The van der Waals surface area contributed by atoms with Gasteiger partial charge in [-0.1, -0.05) is 0 Å². The van der Waals surface area contributed by atoms with Gasteiger partial charge in [0.2, 0.25) is 0 Å². The predicted molar refractivity (Wildman–Crippen MR) is 28.4 cm³/mol. The molecule has 9 heavy (non-hydrogen) atoms. The molecule has 3 nitrogen and oxygen atoms in total. The second-order valence-electron chi connectivity index (χ2n) is 1.66. The summed E-state index contributed by atoms with van der Waals surface area (Å²) in [5, 5.41) is 29.3. The van der Waals surface area contributed by atoms with E-state index in [-0.39, 0.29) is 5.75 Å². The van der Waals surface area contributed by atoms with Crippen molar-refractivity contribution in [1.82, 2.24) is 0 Å². The highest BCUT2D eigenvalue weighted by atomic mass is 16.3. The topological polar surface area (TPSA) is 60.0 Å². The SMILES string of the molecule is [O]c1cc([O])cc(O)c1. The smallest absolute Gasteiger partial charge is 0.186 e. The molecule has 0 fully saturated rings. The molecule has 0 aliphatic rings. The molecule has 1 aromatic carbocycles. The van der Waals surface area contributed by atoms with Crippen LogP contribution in [0.3, 0.4) is 0 Å². The molecule has 0 aliphatic heterocycles. The molecule has 1 rings (SSSR count). The summed E-state index contributed by atoms with van der Waals surface area (Å²) in [6.07, 6.45) is 0. The van der Waals surface area contributed by atoms with Crippen molar-refractivity contribution in [2.24, 2.45) is 0 Å². The van der Waals surface area contributed by atoms with Crippen LogP contribution in [-0.4, -0.2) is 5.11 Å². The summed E-state index contributed by atoms with van der Waals surface area (Å²) < 4.78 is 0. The first-order chi connectivity index (χ1) is 4.18. The molecule has 0 heterocycles. The average molecular weight is 124 g/mol. The van der Waals surface area contributed by atoms with Crippen LogP contribution in [0.15, 0.2) is 18.2 Å². The molecular formula is C6H4O3. The van der Waals surface area contributed by atoms with E-state index in [2.05, 4.69) is 0 Å². The number of aromatic hydroxyl groups is 1. The van der Waals surface area contributed by atoms with Crippen molar-refractivity contribution < 1.29 is 15.3 Å². The van der Waals surface area contributed by atoms with Gasteiger partial charge in [0, 0.05) is 18.2 Å². The van der Waals surface area contributed by atoms with E-state index in [1.807, 2.05) is 0 Å². The number of phenols is 1. The molecule has 0 saturated carbocycles. The molecule has 0 saturated heterocycles. The first kappa shape index (κ1) is 5.75. The van der Waals surface area contributed by atoms with Gasteiger partial charge in [0.05, 0.1) is 0 Å². The minimum Gasteiger partial charge on any atom is -0.508 e. The molecule has 0 atom stereocenters. The van der Waals surface area contributed by atoms with Crippen LogP contribution in [0.5, 0.6) is 17.2 Å². The van der Waals surface area contributed by atoms with E-state index in [0.29, 0.717) is 0 Å². The zero-order valence-corrected chi connectivity index (χ0v) is 4.50. The van der Waals surface area contributed by atoms with Crippen LogP contribution >= 0.6 is 0 Å². The van der Waals surface area contributed by atoms with Crippen LogP contribution < -0.4 is 0 Å². The largest absolute Gasteiger partial charge is 0.508 e. The maximum Gasteiger partial charge on any atom is 0.186 e. The first-order valence-corrected chi connectivity index (χ1v) is 2.36. The number of hydrogen-bond acceptors (Lipinski definition) is 1. The van der Waals surface area contributed by atoms with Gasteiger partial charge in [-0.3, -0.25) is 10.2 Å². The van der Waals surface area contributed by atoms with Crippen molar-refractivity contribution in [3.63, 3.8) is 0 Å². The van der Waals surface area contributed by atoms with Crippen molar-refractivity contribution >= 4 is 0 Å². The third-order valence-electron chi connectivity index (χ3n) is 0.865. The van der Waals surface area contributed by atoms with Gasteiger partial charge in [0.25, 0.3) is 0 Å². The molecular weight excluding hydrogens is 120 g/mol. The van der Waals surface area contributed by atoms with Crippen molar-refractivity contribution in [3.05, 3.63) is 18.2 Å². The summed E-state index contributed by atoms with van der Waals surface area (Å²) in [7, 11) is 0. The fourth-order valence-corrected chi connectivity index (χ4v) is 0.557. The standard InChI is InChI=1S/C6H4O3/c7-4-1-5(8)3-6(9)2-4/h1-3,7H. The predicted octanol–water partition coefficient (Wildman–Crippen LogP) is 1.68. The first-order valence-electron chi connectivity index (χ1n) is 2.36. The Bertz CT molecular complexity index is 169. The van der Waals surface area contributed by atoms with Crippen LogP contribution in [0.25, 0.3) is 0 Å². The molecule has 0 bridgehead atoms. The Morgan fingerprint density at radius 2 is 1.44 bits per heavy atom. The third kappa shape index (κ3) is 1.25. The lowest BCUT2D eigenvalue weighted by molar-refractivity contribution is 0.327. The highest BCUT2D eigenvalue weighted by Gasteiger charge is 1.98. The number of rotatable bonds is 0. The lowest BCUT2D eigenvalue weighted by Gasteiger charge is -1.89. The Morgan fingerprint density at radius 3 is 1.78 bits per heavy atom. The van der Waals surface area contributed by atoms with E-state index in [0.717, 1.165) is 18.2 Å². The van der Waals surface area contributed by atoms with Gasteiger partial charge in [-0.15, -0.1) is 0 Å². The molecule has 1 N–H and O–H groups in total. The molecule has 0 aromatic heterocycles. The molecule has 2 radical (unpaired) electrons. The van der Waals surface area contributed by atoms with Gasteiger partial charge in [-0.05, 0) is 0 Å². The Kier molecular flexibility index (Phi) is 1.18. The van der Waals surface area contributed by atoms with Gasteiger partial charge in [0.1, 0.15) is 5.75 Å². The Morgan fingerprint density at radius 1 is 1.00 bits per heavy atom. The van der Waals surface area contributed by atoms with Crippen molar-refractivity contribution in [3.8, 4) is 17.2 Å². The summed E-state index contributed by atoms with van der Waals surface area (Å²) in [5.74, 6) is -1.19. The summed E-state index contributed by atoms with van der Waals surface area (Å²) >= 11 is 0. The Labute approximate surface area is 51.8 Å². The monoisotopic (exact) mass is 124 g/mol. The van der Waals surface area contributed by atoms with Crippen LogP contribution in [0.1, 0.15) is 0 Å². The highest BCUT2D eigenvalue weighted by Crippen LogP contribution is 2.24. The number of hydrogen-bond donors (Lipinski definition) is 1. The van der Waals surface area contributed by atoms with E-state index in [4.69, 9.17) is 5.11 Å². The zero-order chi connectivity index (χ0) is 6.85. The molecule has 0 aliphatic carbocycles. The van der Waals surface area contributed by atoms with Crippen molar-refractivity contribution in [2.75, 3.05) is 0 Å². The van der Waals surface area contributed by atoms with Crippen molar-refractivity contribution in [1.29, 1.82) is 0 Å². The van der Waals surface area contributed by atoms with E-state index in [1.165, 1.54) is 0 Å². The maximum absolute atomic E-state index is 10.4. The van der Waals surface area contributed by atoms with Crippen LogP contribution in [0, 0.1) is 0 Å². The quantitative estimate of drug-likeness (QED) is 0.561. The number of phenolic OH excluding ortho intramolecular Hbond substituents is 1. The lowest BCUT2D eigenvalue weighted by atomic mass is 10.3. The summed E-state index contributed by atoms with van der Waals surface area (Å²) in [6, 6.07) is 2.89. The lowest BCUT2D eigenvalue weighted by Crippen LogP contribution is -1.63. The number of benzene rings is 1. The van der Waals surface area contributed by atoms with Gasteiger partial charge in [-0.25, -0.2) is 0 Å². The molecule has 0 unspecified atom stereocenters. The van der Waals surface area contributed by atoms with E-state index < -0.39 is 11.5 Å². The minimum absolute atomic E-state index is 0.271. The van der Waals surface area contributed by atoms with Gasteiger partial charge in [0.15, 0.2) is 11.5 Å². The maximum atomic E-state index is 10.4. The molecule has 46 valence electrons. The summed E-state index contributed by atoms with van der Waals surface area (Å²) in [4.78, 5) is 0. The fraction of sp³-hybridized carbons (Fsp3) is 0. The average Bonchev–Trinajstić information content (AvgIpc) is 1.59. The van der Waals surface area contributed by atoms with E-state index >= 15 is 0 Å². The molecule has 0 amide bonds. The van der Waals surface area contributed by atoms with Gasteiger partial charge in [-0.2, -0.15) is 0 Å². The normalized spacial score (nSPS) is 9.33. The summed E-state index contributed by atoms with van der Waals surface area (Å²) in [6.45, 7) is 0. The third-order valence-corrected chi connectivity index (χ3v) is 0.865. The van der Waals surface area contributed by atoms with Crippen LogP contribution in [0.4, 0.5) is 0 Å². The Hall–Kier alpha value is -1.38. The van der Waals surface area contributed by atoms with Crippen LogP contribution in [0.2, 0.25) is 0 Å². The van der Waals surface area contributed by atoms with E-state index in [1.54, 1.807) is 0 Å². The summed E-state index contributed by atoms with van der Waals surface area (Å²) in [5.41, 5.74) is 0. The van der Waals surface area contributed by atoms with Crippen LogP contribution in [-0.2, 0) is 10.2 Å². The van der Waals surface area contributed by atoms with E-state index in [9.17, 15) is 10.2 Å². The minimum atomic E-state index is -0.458. The van der Waals surface area contributed by atoms with Gasteiger partial charge < -0.3 is 5.11 Å². The van der Waals surface area contributed by atoms with Gasteiger partial charge >= 0.3 is 0 Å². The second-order valence-corrected chi connectivity index (χ2v) is 1.66. The Balaban J connectivity index is 3.17. The fourth-order valence-electron chi connectivity index (χ4n) is 0.557. The molecule has 0 spiro atoms. The zero-order valence-electron chi connectivity index (χ0n) is 4.50. The second kappa shape index (κ2) is 1.85. The molecule has 1 aromatic rings.